The van der Waals surface area contributed by atoms with Gasteiger partial charge in [-0.25, -0.2) is 5.48 Å². The third kappa shape index (κ3) is 5.40. The predicted molar refractivity (Wildman–Crippen MR) is 120 cm³/mol. The van der Waals surface area contributed by atoms with Gasteiger partial charge in [0.15, 0.2) is 0 Å². The first-order chi connectivity index (χ1) is 14.5. The van der Waals surface area contributed by atoms with Gasteiger partial charge in [-0.1, -0.05) is 44.2 Å². The molecule has 6 nitrogen and oxygen atoms in total. The van der Waals surface area contributed by atoms with Crippen LogP contribution in [0.25, 0.3) is 6.08 Å². The molecule has 2 atom stereocenters. The second kappa shape index (κ2) is 10.3. The Labute approximate surface area is 178 Å². The molecule has 2 unspecified atom stereocenters. The Morgan fingerprint density at radius 1 is 1.27 bits per heavy atom. The lowest BCUT2D eigenvalue weighted by Gasteiger charge is -2.28. The van der Waals surface area contributed by atoms with Gasteiger partial charge >= 0.3 is 0 Å². The lowest BCUT2D eigenvalue weighted by Crippen LogP contribution is -2.31. The maximum Gasteiger partial charge on any atom is 0.267 e. The molecule has 2 aromatic rings. The highest BCUT2D eigenvalue weighted by Crippen LogP contribution is 2.40. The van der Waals surface area contributed by atoms with Crippen LogP contribution >= 0.6 is 0 Å². The molecule has 30 heavy (non-hydrogen) atoms. The number of hydrogen-bond donors (Lipinski definition) is 4. The van der Waals surface area contributed by atoms with Gasteiger partial charge in [-0.2, -0.15) is 0 Å². The number of carbonyl (C=O) groups is 1. The first-order valence-electron chi connectivity index (χ1n) is 10.4. The van der Waals surface area contributed by atoms with Crippen molar-refractivity contribution in [2.45, 2.75) is 26.3 Å². The zero-order valence-corrected chi connectivity index (χ0v) is 17.8. The van der Waals surface area contributed by atoms with Gasteiger partial charge in [-0.3, -0.25) is 10.0 Å². The van der Waals surface area contributed by atoms with Gasteiger partial charge in [0.1, 0.15) is 5.75 Å². The Morgan fingerprint density at radius 3 is 2.70 bits per heavy atom. The Bertz CT molecular complexity index is 878. The van der Waals surface area contributed by atoms with Gasteiger partial charge in [-0.15, -0.1) is 0 Å². The molecule has 0 saturated heterocycles. The summed E-state index contributed by atoms with van der Waals surface area (Å²) in [6.07, 6.45) is 2.96. The van der Waals surface area contributed by atoms with Gasteiger partial charge in [-0.05, 0) is 47.2 Å². The lowest BCUT2D eigenvalue weighted by molar-refractivity contribution is -0.124. The smallest absolute Gasteiger partial charge is 0.267 e. The van der Waals surface area contributed by atoms with Gasteiger partial charge in [0.25, 0.3) is 5.91 Å². The first kappa shape index (κ1) is 21.9. The van der Waals surface area contributed by atoms with Crippen LogP contribution in [-0.2, 0) is 11.3 Å². The van der Waals surface area contributed by atoms with Gasteiger partial charge in [0.05, 0.1) is 7.11 Å². The number of anilines is 1. The SMILES string of the molecule is COc1ccc2c(c1)NCC2C(CNCc1ccc(/C=C/C(=O)NO)cc1)C(C)C. The molecule has 1 heterocycles. The Morgan fingerprint density at radius 2 is 2.03 bits per heavy atom. The molecule has 4 N–H and O–H groups in total. The molecule has 0 spiro atoms. The zero-order valence-electron chi connectivity index (χ0n) is 17.8. The molecule has 1 aliphatic rings. The highest BCUT2D eigenvalue weighted by Gasteiger charge is 2.31. The van der Waals surface area contributed by atoms with E-state index in [9.17, 15) is 4.79 Å². The van der Waals surface area contributed by atoms with E-state index in [2.05, 4.69) is 36.6 Å². The average Bonchev–Trinajstić information content (AvgIpc) is 3.18. The first-order valence-corrected chi connectivity index (χ1v) is 10.4. The number of ether oxygens (including phenoxy) is 1. The Kier molecular flexibility index (Phi) is 7.49. The molecule has 3 rings (SSSR count). The lowest BCUT2D eigenvalue weighted by atomic mass is 9.80. The number of hydroxylamine groups is 1. The minimum Gasteiger partial charge on any atom is -0.497 e. The molecule has 1 aliphatic heterocycles. The molecular formula is C24H31N3O3. The number of nitrogens with one attached hydrogen (secondary N) is 3. The fraction of sp³-hybridized carbons (Fsp3) is 0.375. The molecule has 0 saturated carbocycles. The number of fused-ring (bicyclic) bond motifs is 1. The van der Waals surface area contributed by atoms with Crippen LogP contribution in [0.4, 0.5) is 5.69 Å². The van der Waals surface area contributed by atoms with E-state index in [0.717, 1.165) is 30.9 Å². The van der Waals surface area contributed by atoms with E-state index in [1.54, 1.807) is 18.7 Å². The van der Waals surface area contributed by atoms with E-state index in [0.29, 0.717) is 17.8 Å². The van der Waals surface area contributed by atoms with Crippen molar-refractivity contribution in [2.24, 2.45) is 11.8 Å². The standard InChI is InChI=1S/C24H31N3O3/c1-16(2)21(22-15-26-23-12-19(30-3)9-10-20(22)23)14-25-13-18-6-4-17(5-7-18)8-11-24(28)27-29/h4-12,16,21-22,25-26,29H,13-15H2,1-3H3,(H,27,28)/b11-8+. The van der Waals surface area contributed by atoms with Crippen LogP contribution in [0.15, 0.2) is 48.5 Å². The molecule has 2 aromatic carbocycles. The van der Waals surface area contributed by atoms with E-state index < -0.39 is 5.91 Å². The van der Waals surface area contributed by atoms with Crippen molar-refractivity contribution in [3.63, 3.8) is 0 Å². The van der Waals surface area contributed by atoms with E-state index in [1.807, 2.05) is 30.3 Å². The summed E-state index contributed by atoms with van der Waals surface area (Å²) in [6.45, 7) is 7.26. The quantitative estimate of drug-likeness (QED) is 0.288. The van der Waals surface area contributed by atoms with Crippen molar-refractivity contribution in [1.29, 1.82) is 0 Å². The van der Waals surface area contributed by atoms with Crippen LogP contribution in [0.2, 0.25) is 0 Å². The summed E-state index contributed by atoms with van der Waals surface area (Å²) in [5, 5.41) is 15.7. The molecule has 0 aromatic heterocycles. The maximum atomic E-state index is 11.1. The summed E-state index contributed by atoms with van der Waals surface area (Å²) in [7, 11) is 1.70. The van der Waals surface area contributed by atoms with Crippen LogP contribution < -0.4 is 20.9 Å². The normalized spacial score (nSPS) is 16.4. The summed E-state index contributed by atoms with van der Waals surface area (Å²) in [6, 6.07) is 14.3. The molecule has 0 radical (unpaired) electrons. The minimum atomic E-state index is -0.540. The summed E-state index contributed by atoms with van der Waals surface area (Å²) in [4.78, 5) is 11.1. The summed E-state index contributed by atoms with van der Waals surface area (Å²) >= 11 is 0. The molecule has 0 aliphatic carbocycles. The fourth-order valence-corrected chi connectivity index (χ4v) is 4.03. The van der Waals surface area contributed by atoms with Crippen LogP contribution in [0.3, 0.4) is 0 Å². The van der Waals surface area contributed by atoms with Crippen LogP contribution in [0, 0.1) is 11.8 Å². The second-order valence-corrected chi connectivity index (χ2v) is 8.03. The third-order valence-electron chi connectivity index (χ3n) is 5.77. The predicted octanol–water partition coefficient (Wildman–Crippen LogP) is 3.78. The highest BCUT2D eigenvalue weighted by atomic mass is 16.5. The summed E-state index contributed by atoms with van der Waals surface area (Å²) < 4.78 is 5.35. The Balaban J connectivity index is 1.58. The molecule has 0 fully saturated rings. The third-order valence-corrected chi connectivity index (χ3v) is 5.77. The van der Waals surface area contributed by atoms with E-state index >= 15 is 0 Å². The molecule has 160 valence electrons. The van der Waals surface area contributed by atoms with Gasteiger partial charge in [0.2, 0.25) is 0 Å². The van der Waals surface area contributed by atoms with Crippen molar-refractivity contribution in [2.75, 3.05) is 25.5 Å². The molecule has 0 bridgehead atoms. The topological polar surface area (TPSA) is 82.6 Å². The molecule has 6 heteroatoms. The van der Waals surface area contributed by atoms with Crippen molar-refractivity contribution in [3.05, 3.63) is 65.2 Å². The second-order valence-electron chi connectivity index (χ2n) is 8.03. The number of methoxy groups -OCH3 is 1. The summed E-state index contributed by atoms with van der Waals surface area (Å²) in [5.41, 5.74) is 6.24. The Hall–Kier alpha value is -2.83. The van der Waals surface area contributed by atoms with Crippen molar-refractivity contribution >= 4 is 17.7 Å². The van der Waals surface area contributed by atoms with Crippen molar-refractivity contribution in [1.82, 2.24) is 10.8 Å². The highest BCUT2D eigenvalue weighted by molar-refractivity contribution is 5.90. The molecule has 1 amide bonds. The number of carbonyl (C=O) groups excluding carboxylic acids is 1. The van der Waals surface area contributed by atoms with E-state index in [-0.39, 0.29) is 0 Å². The summed E-state index contributed by atoms with van der Waals surface area (Å²) in [5.74, 6) is 1.90. The van der Waals surface area contributed by atoms with E-state index in [1.165, 1.54) is 22.9 Å². The van der Waals surface area contributed by atoms with Crippen LogP contribution in [-0.4, -0.2) is 31.3 Å². The van der Waals surface area contributed by atoms with Crippen molar-refractivity contribution in [3.8, 4) is 5.75 Å². The zero-order chi connectivity index (χ0) is 21.5. The molecular weight excluding hydrogens is 378 g/mol. The fourth-order valence-electron chi connectivity index (χ4n) is 4.03. The van der Waals surface area contributed by atoms with E-state index in [4.69, 9.17) is 9.94 Å². The average molecular weight is 410 g/mol. The number of benzene rings is 2. The van der Waals surface area contributed by atoms with Crippen molar-refractivity contribution < 1.29 is 14.7 Å². The largest absolute Gasteiger partial charge is 0.497 e. The number of rotatable bonds is 9. The monoisotopic (exact) mass is 409 g/mol. The van der Waals surface area contributed by atoms with Crippen LogP contribution in [0.5, 0.6) is 5.75 Å². The maximum absolute atomic E-state index is 11.1. The number of hydrogen-bond acceptors (Lipinski definition) is 5. The minimum absolute atomic E-state index is 0.476. The van der Waals surface area contributed by atoms with Gasteiger partial charge < -0.3 is 15.4 Å². The van der Waals surface area contributed by atoms with Crippen LogP contribution in [0.1, 0.15) is 36.5 Å². The number of amides is 1. The van der Waals surface area contributed by atoms with Gasteiger partial charge in [0, 0.05) is 36.8 Å².